The van der Waals surface area contributed by atoms with Gasteiger partial charge < -0.3 is 9.84 Å². The molecule has 0 saturated carbocycles. The molecular formula is C11H16N2O3S. The molecule has 17 heavy (non-hydrogen) atoms. The Morgan fingerprint density at radius 1 is 1.59 bits per heavy atom. The molecule has 1 aromatic heterocycles. The van der Waals surface area contributed by atoms with Gasteiger partial charge in [0.05, 0.1) is 18.8 Å². The summed E-state index contributed by atoms with van der Waals surface area (Å²) < 4.78 is 5.64. The minimum Gasteiger partial charge on any atom is -0.476 e. The van der Waals surface area contributed by atoms with Crippen molar-refractivity contribution in [1.82, 2.24) is 9.88 Å². The number of thiazole rings is 1. The molecule has 0 aliphatic carbocycles. The second kappa shape index (κ2) is 5.12. The summed E-state index contributed by atoms with van der Waals surface area (Å²) in [6.07, 6.45) is 0.440. The predicted octanol–water partition coefficient (Wildman–Crippen LogP) is 1.45. The summed E-state index contributed by atoms with van der Waals surface area (Å²) in [5.41, 5.74) is 0.138. The number of aromatic nitrogens is 1. The van der Waals surface area contributed by atoms with Crippen molar-refractivity contribution >= 4 is 17.3 Å². The molecule has 1 aromatic rings. The quantitative estimate of drug-likeness (QED) is 0.887. The van der Waals surface area contributed by atoms with Gasteiger partial charge in [0.1, 0.15) is 5.01 Å². The molecule has 2 heterocycles. The van der Waals surface area contributed by atoms with Crippen molar-refractivity contribution in [3.63, 3.8) is 0 Å². The van der Waals surface area contributed by atoms with E-state index in [0.717, 1.165) is 18.1 Å². The van der Waals surface area contributed by atoms with Gasteiger partial charge in [-0.25, -0.2) is 9.78 Å². The number of aromatic carboxylic acids is 1. The highest BCUT2D eigenvalue weighted by molar-refractivity contribution is 7.09. The highest BCUT2D eigenvalue weighted by atomic mass is 32.1. The fourth-order valence-electron chi connectivity index (χ4n) is 2.09. The second-order valence-electron chi connectivity index (χ2n) is 4.38. The van der Waals surface area contributed by atoms with Crippen LogP contribution in [0.3, 0.4) is 0 Å². The normalized spacial score (nSPS) is 26.0. The molecule has 2 atom stereocenters. The lowest BCUT2D eigenvalue weighted by atomic mass is 10.2. The van der Waals surface area contributed by atoms with E-state index in [4.69, 9.17) is 9.84 Å². The zero-order valence-electron chi connectivity index (χ0n) is 9.92. The first-order valence-electron chi connectivity index (χ1n) is 5.60. The fraction of sp³-hybridized carbons (Fsp3) is 0.636. The largest absolute Gasteiger partial charge is 0.476 e. The van der Waals surface area contributed by atoms with Gasteiger partial charge in [-0.1, -0.05) is 0 Å². The van der Waals surface area contributed by atoms with Crippen LogP contribution in [0.5, 0.6) is 0 Å². The fourth-order valence-corrected chi connectivity index (χ4v) is 2.90. The number of carboxylic acids is 1. The molecule has 6 heteroatoms. The standard InChI is InChI=1S/C11H16N2O3S/c1-7-3-13(4-8(2)16-7)5-10-12-9(6-17-10)11(14)15/h6-8H,3-5H2,1-2H3,(H,14,15). The third kappa shape index (κ3) is 3.24. The van der Waals surface area contributed by atoms with E-state index in [0.29, 0.717) is 6.54 Å². The summed E-state index contributed by atoms with van der Waals surface area (Å²) in [6.45, 7) is 6.54. The first-order valence-corrected chi connectivity index (χ1v) is 6.48. The number of carboxylic acid groups (broad SMARTS) is 1. The van der Waals surface area contributed by atoms with E-state index in [-0.39, 0.29) is 17.9 Å². The minimum atomic E-state index is -0.962. The number of morpholine rings is 1. The SMILES string of the molecule is CC1CN(Cc2nc(C(=O)O)cs2)CC(C)O1. The van der Waals surface area contributed by atoms with Crippen molar-refractivity contribution in [2.75, 3.05) is 13.1 Å². The molecule has 0 aromatic carbocycles. The maximum absolute atomic E-state index is 10.7. The van der Waals surface area contributed by atoms with Crippen LogP contribution in [-0.4, -0.2) is 46.3 Å². The van der Waals surface area contributed by atoms with Crippen molar-refractivity contribution in [2.45, 2.75) is 32.6 Å². The molecule has 1 aliphatic rings. The van der Waals surface area contributed by atoms with Crippen molar-refractivity contribution < 1.29 is 14.6 Å². The minimum absolute atomic E-state index is 0.138. The number of nitrogens with zero attached hydrogens (tertiary/aromatic N) is 2. The first-order chi connectivity index (χ1) is 8.04. The van der Waals surface area contributed by atoms with Gasteiger partial charge in [-0.3, -0.25) is 4.90 Å². The van der Waals surface area contributed by atoms with Crippen LogP contribution in [0.1, 0.15) is 29.3 Å². The van der Waals surface area contributed by atoms with Crippen LogP contribution in [-0.2, 0) is 11.3 Å². The summed E-state index contributed by atoms with van der Waals surface area (Å²) in [5, 5.41) is 11.2. The van der Waals surface area contributed by atoms with Crippen molar-refractivity contribution in [3.05, 3.63) is 16.1 Å². The van der Waals surface area contributed by atoms with E-state index in [1.165, 1.54) is 11.3 Å². The number of rotatable bonds is 3. The molecule has 0 radical (unpaired) electrons. The molecule has 1 saturated heterocycles. The van der Waals surface area contributed by atoms with Crippen molar-refractivity contribution in [1.29, 1.82) is 0 Å². The van der Waals surface area contributed by atoms with Crippen LogP contribution < -0.4 is 0 Å². The van der Waals surface area contributed by atoms with Crippen LogP contribution in [0.2, 0.25) is 0 Å². The Hall–Kier alpha value is -0.980. The molecule has 1 aliphatic heterocycles. The molecule has 94 valence electrons. The third-order valence-corrected chi connectivity index (χ3v) is 3.46. The lowest BCUT2D eigenvalue weighted by Crippen LogP contribution is -2.44. The monoisotopic (exact) mass is 256 g/mol. The van der Waals surface area contributed by atoms with Crippen LogP contribution in [0, 0.1) is 0 Å². The number of hydrogen-bond acceptors (Lipinski definition) is 5. The van der Waals surface area contributed by atoms with Crippen molar-refractivity contribution in [3.8, 4) is 0 Å². The average molecular weight is 256 g/mol. The van der Waals surface area contributed by atoms with Crippen LogP contribution in [0.15, 0.2) is 5.38 Å². The summed E-state index contributed by atoms with van der Waals surface area (Å²) in [7, 11) is 0. The highest BCUT2D eigenvalue weighted by Gasteiger charge is 2.23. The van der Waals surface area contributed by atoms with Crippen LogP contribution in [0.4, 0.5) is 0 Å². The summed E-state index contributed by atoms with van der Waals surface area (Å²) in [5.74, 6) is -0.962. The number of ether oxygens (including phenoxy) is 1. The molecule has 1 fully saturated rings. The van der Waals surface area contributed by atoms with E-state index < -0.39 is 5.97 Å². The number of hydrogen-bond donors (Lipinski definition) is 1. The van der Waals surface area contributed by atoms with Gasteiger partial charge >= 0.3 is 5.97 Å². The maximum atomic E-state index is 10.7. The van der Waals surface area contributed by atoms with E-state index >= 15 is 0 Å². The molecular weight excluding hydrogens is 240 g/mol. The third-order valence-electron chi connectivity index (χ3n) is 2.62. The zero-order chi connectivity index (χ0) is 12.4. The Kier molecular flexibility index (Phi) is 3.76. The molecule has 2 rings (SSSR count). The topological polar surface area (TPSA) is 62.7 Å². The predicted molar refractivity (Wildman–Crippen MR) is 64.4 cm³/mol. The Morgan fingerprint density at radius 3 is 2.76 bits per heavy atom. The molecule has 0 bridgehead atoms. The number of carbonyl (C=O) groups is 1. The molecule has 2 unspecified atom stereocenters. The summed E-state index contributed by atoms with van der Waals surface area (Å²) >= 11 is 1.40. The van der Waals surface area contributed by atoms with Crippen LogP contribution >= 0.6 is 11.3 Å². The van der Waals surface area contributed by atoms with Gasteiger partial charge in [-0.2, -0.15) is 0 Å². The van der Waals surface area contributed by atoms with Gasteiger partial charge in [0.15, 0.2) is 5.69 Å². The van der Waals surface area contributed by atoms with E-state index in [9.17, 15) is 4.79 Å². The average Bonchev–Trinajstić information content (AvgIpc) is 2.64. The molecule has 1 N–H and O–H groups in total. The van der Waals surface area contributed by atoms with Crippen LogP contribution in [0.25, 0.3) is 0 Å². The van der Waals surface area contributed by atoms with Crippen molar-refractivity contribution in [2.24, 2.45) is 0 Å². The first kappa shape index (κ1) is 12.5. The van der Waals surface area contributed by atoms with Gasteiger partial charge in [0.25, 0.3) is 0 Å². The Morgan fingerprint density at radius 2 is 2.24 bits per heavy atom. The second-order valence-corrected chi connectivity index (χ2v) is 5.33. The summed E-state index contributed by atoms with van der Waals surface area (Å²) in [4.78, 5) is 17.1. The highest BCUT2D eigenvalue weighted by Crippen LogP contribution is 2.16. The smallest absolute Gasteiger partial charge is 0.355 e. The van der Waals surface area contributed by atoms with E-state index in [2.05, 4.69) is 9.88 Å². The Balaban J connectivity index is 1.97. The zero-order valence-corrected chi connectivity index (χ0v) is 10.7. The van der Waals surface area contributed by atoms with Gasteiger partial charge in [0.2, 0.25) is 0 Å². The van der Waals surface area contributed by atoms with Gasteiger partial charge in [-0.05, 0) is 13.8 Å². The lowest BCUT2D eigenvalue weighted by molar-refractivity contribution is -0.0705. The molecule has 0 spiro atoms. The van der Waals surface area contributed by atoms with E-state index in [1.807, 2.05) is 13.8 Å². The molecule has 5 nitrogen and oxygen atoms in total. The van der Waals surface area contributed by atoms with Gasteiger partial charge in [-0.15, -0.1) is 11.3 Å². The Bertz CT molecular complexity index is 397. The van der Waals surface area contributed by atoms with Gasteiger partial charge in [0, 0.05) is 18.5 Å². The lowest BCUT2D eigenvalue weighted by Gasteiger charge is -2.34. The van der Waals surface area contributed by atoms with E-state index in [1.54, 1.807) is 5.38 Å². The molecule has 0 amide bonds. The summed E-state index contributed by atoms with van der Waals surface area (Å²) in [6, 6.07) is 0. The maximum Gasteiger partial charge on any atom is 0.355 e. The Labute approximate surface area is 104 Å².